The summed E-state index contributed by atoms with van der Waals surface area (Å²) >= 11 is 0. The minimum Gasteiger partial charge on any atom is -0.286 e. The number of nitrogens with one attached hydrogen (secondary N) is 8. The molecule has 250 valence electrons. The molecule has 4 aliphatic carbocycles. The second-order valence-corrected chi connectivity index (χ2v) is 17.9. The van der Waals surface area contributed by atoms with Gasteiger partial charge in [0.05, 0.1) is 54.6 Å². The fourth-order valence-electron chi connectivity index (χ4n) is 12.3. The molecule has 0 radical (unpaired) electrons. The van der Waals surface area contributed by atoms with Crippen molar-refractivity contribution in [3.63, 3.8) is 0 Å². The van der Waals surface area contributed by atoms with Crippen LogP contribution >= 0.6 is 0 Å². The van der Waals surface area contributed by atoms with Gasteiger partial charge in [-0.25, -0.2) is 0 Å². The predicted molar refractivity (Wildman–Crippen MR) is 168 cm³/mol. The second kappa shape index (κ2) is 12.8. The molecule has 0 spiro atoms. The van der Waals surface area contributed by atoms with Gasteiger partial charge in [-0.3, -0.25) is 47.1 Å². The molecule has 0 aromatic carbocycles. The van der Waals surface area contributed by atoms with Gasteiger partial charge in [0.25, 0.3) is 10.1 Å². The summed E-state index contributed by atoms with van der Waals surface area (Å²) in [4.78, 5) is 0. The summed E-state index contributed by atoms with van der Waals surface area (Å²) in [6.07, 6.45) is 18.9. The largest absolute Gasteiger partial charge is 0.286 e. The van der Waals surface area contributed by atoms with Crippen LogP contribution in [-0.4, -0.2) is 67.5 Å². The van der Waals surface area contributed by atoms with E-state index in [1.165, 1.54) is 77.0 Å². The minimum atomic E-state index is -4.16. The van der Waals surface area contributed by atoms with E-state index in [9.17, 15) is 13.0 Å². The first kappa shape index (κ1) is 32.4. The molecule has 9 rings (SSSR count). The first-order valence-corrected chi connectivity index (χ1v) is 20.0. The number of hydrogen-bond donors (Lipinski definition) is 9. The van der Waals surface area contributed by atoms with Gasteiger partial charge in [0, 0.05) is 25.4 Å². The SMILES string of the molecule is O=S(=O)(O)C1CCCC2C3NC4NC(NC5NC(NC6NC(NC(N3)C21)C1CCCCC61)C1CCCCC51)C1CCCCC41.[Zn]. The van der Waals surface area contributed by atoms with E-state index in [-0.39, 0.29) is 68.3 Å². The van der Waals surface area contributed by atoms with E-state index >= 15 is 0 Å². The molecule has 8 bridgehead atoms. The first-order valence-electron chi connectivity index (χ1n) is 18.5. The summed E-state index contributed by atoms with van der Waals surface area (Å²) in [6, 6.07) is 0. The van der Waals surface area contributed by atoms with Crippen LogP contribution in [0.1, 0.15) is 96.3 Å². The molecule has 13 heteroatoms. The third-order valence-corrected chi connectivity index (χ3v) is 15.5. The second-order valence-electron chi connectivity index (χ2n) is 16.2. The summed E-state index contributed by atoms with van der Waals surface area (Å²) in [7, 11) is -4.16. The Hall–Kier alpha value is 0.213. The van der Waals surface area contributed by atoms with Gasteiger partial charge in [-0.05, 0) is 92.8 Å². The fraction of sp³-hybridized carbons (Fsp3) is 1.00. The first-order chi connectivity index (χ1) is 21.4. The van der Waals surface area contributed by atoms with Crippen molar-refractivity contribution in [2.24, 2.45) is 47.3 Å². The fourth-order valence-corrected chi connectivity index (χ4v) is 13.6. The van der Waals surface area contributed by atoms with E-state index < -0.39 is 15.4 Å². The van der Waals surface area contributed by atoms with Crippen LogP contribution in [0.2, 0.25) is 0 Å². The molecule has 5 heterocycles. The zero-order valence-corrected chi connectivity index (χ0v) is 30.6. The maximum absolute atomic E-state index is 12.8. The monoisotopic (exact) mass is 696 g/mol. The van der Waals surface area contributed by atoms with Crippen molar-refractivity contribution in [3.05, 3.63) is 0 Å². The van der Waals surface area contributed by atoms with Crippen LogP contribution in [0.3, 0.4) is 0 Å². The predicted octanol–water partition coefficient (Wildman–Crippen LogP) is 1.47. The molecule has 4 saturated carbocycles. The van der Waals surface area contributed by atoms with Crippen LogP contribution in [0.15, 0.2) is 0 Å². The Morgan fingerprint density at radius 1 is 0.378 bits per heavy atom. The quantitative estimate of drug-likeness (QED) is 0.145. The van der Waals surface area contributed by atoms with Gasteiger partial charge in [0.1, 0.15) is 0 Å². The van der Waals surface area contributed by atoms with Crippen LogP contribution < -0.4 is 42.5 Å². The zero-order valence-electron chi connectivity index (χ0n) is 26.8. The average Bonchev–Trinajstić information content (AvgIpc) is 3.76. The molecule has 5 aliphatic heterocycles. The van der Waals surface area contributed by atoms with Crippen LogP contribution in [0.5, 0.6) is 0 Å². The zero-order chi connectivity index (χ0) is 29.6. The van der Waals surface area contributed by atoms with Gasteiger partial charge < -0.3 is 0 Å². The van der Waals surface area contributed by atoms with E-state index in [0.29, 0.717) is 54.3 Å². The molecule has 17 unspecified atom stereocenters. The van der Waals surface area contributed by atoms with Crippen LogP contribution in [-0.2, 0) is 29.6 Å². The molecule has 45 heavy (non-hydrogen) atoms. The van der Waals surface area contributed by atoms with E-state index in [2.05, 4.69) is 42.5 Å². The van der Waals surface area contributed by atoms with Gasteiger partial charge in [-0.2, -0.15) is 8.42 Å². The Labute approximate surface area is 282 Å². The average molecular weight is 698 g/mol. The standard InChI is InChI=1S/C32H56N8O3S.Zn/c41-44(42,43)23-15-7-14-22-24(23)32-39-30-21-13-6-5-12-20(21)28(37-30)35-26-17-9-2-1-8-16(17)25(33-26)34-27-18-10-3-4-11-19(18)29(36-27)38-31(22)40-32;/h16-40H,1-15H2,(H,41,42,43);. The summed E-state index contributed by atoms with van der Waals surface area (Å²) in [5, 5.41) is 31.8. The number of rotatable bonds is 1. The van der Waals surface area contributed by atoms with Crippen LogP contribution in [0.25, 0.3) is 0 Å². The summed E-state index contributed by atoms with van der Waals surface area (Å²) in [6.45, 7) is 0. The Kier molecular flexibility index (Phi) is 9.24. The van der Waals surface area contributed by atoms with Crippen molar-refractivity contribution in [2.75, 3.05) is 0 Å². The molecule has 5 saturated heterocycles. The Morgan fingerprint density at radius 3 is 0.956 bits per heavy atom. The van der Waals surface area contributed by atoms with Gasteiger partial charge >= 0.3 is 0 Å². The maximum Gasteiger partial charge on any atom is 0.268 e. The van der Waals surface area contributed by atoms with Crippen molar-refractivity contribution < 1.29 is 32.4 Å². The van der Waals surface area contributed by atoms with Gasteiger partial charge in [0.2, 0.25) is 0 Å². The molecule has 17 atom stereocenters. The van der Waals surface area contributed by atoms with Gasteiger partial charge in [-0.1, -0.05) is 44.9 Å². The third-order valence-electron chi connectivity index (χ3n) is 14.2. The van der Waals surface area contributed by atoms with Crippen molar-refractivity contribution in [1.82, 2.24) is 42.5 Å². The smallest absolute Gasteiger partial charge is 0.268 e. The van der Waals surface area contributed by atoms with E-state index in [1.807, 2.05) is 0 Å². The van der Waals surface area contributed by atoms with Crippen molar-refractivity contribution >= 4 is 10.1 Å². The van der Waals surface area contributed by atoms with Crippen molar-refractivity contribution in [2.45, 2.75) is 151 Å². The van der Waals surface area contributed by atoms with E-state index in [1.54, 1.807) is 0 Å². The molecular weight excluding hydrogens is 642 g/mol. The number of hydrogen-bond acceptors (Lipinski definition) is 10. The summed E-state index contributed by atoms with van der Waals surface area (Å²) in [5.74, 6) is 3.50. The van der Waals surface area contributed by atoms with Crippen LogP contribution in [0, 0.1) is 47.3 Å². The van der Waals surface area contributed by atoms with Crippen LogP contribution in [0.4, 0.5) is 0 Å². The Bertz CT molecular complexity index is 1180. The minimum absolute atomic E-state index is 0. The molecule has 0 amide bonds. The van der Waals surface area contributed by atoms with Crippen molar-refractivity contribution in [3.8, 4) is 0 Å². The summed E-state index contributed by atoms with van der Waals surface area (Å²) < 4.78 is 36.1. The van der Waals surface area contributed by atoms with Gasteiger partial charge in [-0.15, -0.1) is 0 Å². The molecule has 9 N–H and O–H groups in total. The normalized spacial score (nSPS) is 54.3. The van der Waals surface area contributed by atoms with E-state index in [4.69, 9.17) is 0 Å². The third kappa shape index (κ3) is 5.73. The molecule has 0 aromatic rings. The summed E-state index contributed by atoms with van der Waals surface area (Å²) in [5.41, 5.74) is 0. The topological polar surface area (TPSA) is 151 Å². The molecule has 11 nitrogen and oxygen atoms in total. The number of fused-ring (bicyclic) bond motifs is 20. The molecular formula is C32H56N8O3SZn. The van der Waals surface area contributed by atoms with Crippen molar-refractivity contribution in [1.29, 1.82) is 0 Å². The van der Waals surface area contributed by atoms with E-state index in [0.717, 1.165) is 12.8 Å². The molecule has 9 fully saturated rings. The Morgan fingerprint density at radius 2 is 0.644 bits per heavy atom. The maximum atomic E-state index is 12.8. The molecule has 0 aromatic heterocycles. The molecule has 9 aliphatic rings. The van der Waals surface area contributed by atoms with Gasteiger partial charge in [0.15, 0.2) is 0 Å². The Balaban J connectivity index is 0.00000300.